The van der Waals surface area contributed by atoms with Crippen LogP contribution in [0.1, 0.15) is 30.6 Å². The highest BCUT2D eigenvalue weighted by molar-refractivity contribution is 8.15. The van der Waals surface area contributed by atoms with Crippen molar-refractivity contribution in [3.05, 3.63) is 17.0 Å². The van der Waals surface area contributed by atoms with Crippen LogP contribution in [0.5, 0.6) is 0 Å². The van der Waals surface area contributed by atoms with Gasteiger partial charge in [-0.15, -0.1) is 11.3 Å². The van der Waals surface area contributed by atoms with Crippen LogP contribution in [-0.2, 0) is 9.05 Å². The first-order valence-corrected chi connectivity index (χ1v) is 8.69. The number of nitrogens with zero attached hydrogens (tertiary/aromatic N) is 1. The van der Waals surface area contributed by atoms with Crippen molar-refractivity contribution in [2.45, 2.75) is 24.5 Å². The van der Waals surface area contributed by atoms with Crippen LogP contribution < -0.4 is 0 Å². The van der Waals surface area contributed by atoms with Gasteiger partial charge >= 0.3 is 0 Å². The topological polar surface area (TPSA) is 54.5 Å². The monoisotopic (exact) mass is 309 g/mol. The Balaban J connectivity index is 2.76. The molecule has 1 heterocycles. The molecular weight excluding hydrogens is 294 g/mol. The number of thiophene rings is 1. The molecule has 0 saturated carbocycles. The van der Waals surface area contributed by atoms with Crippen LogP contribution in [0.25, 0.3) is 0 Å². The van der Waals surface area contributed by atoms with Crippen molar-refractivity contribution in [2.24, 2.45) is 5.92 Å². The van der Waals surface area contributed by atoms with Crippen molar-refractivity contribution < 1.29 is 13.2 Å². The van der Waals surface area contributed by atoms with E-state index in [0.717, 1.165) is 17.8 Å². The second-order valence-corrected chi connectivity index (χ2v) is 8.21. The van der Waals surface area contributed by atoms with Crippen molar-refractivity contribution in [1.29, 1.82) is 0 Å². The van der Waals surface area contributed by atoms with Crippen molar-refractivity contribution in [3.63, 3.8) is 0 Å². The molecule has 0 unspecified atom stereocenters. The molecule has 0 spiro atoms. The number of amides is 1. The van der Waals surface area contributed by atoms with E-state index in [0.29, 0.717) is 18.0 Å². The third kappa shape index (κ3) is 4.26. The number of rotatable bonds is 5. The summed E-state index contributed by atoms with van der Waals surface area (Å²) < 4.78 is 22.2. The maximum Gasteiger partial charge on any atom is 0.270 e. The van der Waals surface area contributed by atoms with Crippen LogP contribution in [0.3, 0.4) is 0 Å². The van der Waals surface area contributed by atoms with Crippen molar-refractivity contribution in [1.82, 2.24) is 4.90 Å². The smallest absolute Gasteiger partial charge is 0.270 e. The molecule has 7 heteroatoms. The largest absolute Gasteiger partial charge is 0.342 e. The molecule has 0 aliphatic rings. The second kappa shape index (κ2) is 6.04. The summed E-state index contributed by atoms with van der Waals surface area (Å²) in [6.07, 6.45) is 0.910. The van der Waals surface area contributed by atoms with E-state index in [4.69, 9.17) is 10.7 Å². The molecular formula is C11H16ClNO3S2. The van der Waals surface area contributed by atoms with Gasteiger partial charge in [-0.3, -0.25) is 4.79 Å². The lowest BCUT2D eigenvalue weighted by atomic mass is 10.1. The minimum atomic E-state index is -3.75. The zero-order chi connectivity index (χ0) is 13.9. The maximum atomic E-state index is 12.0. The molecule has 1 amide bonds. The van der Waals surface area contributed by atoms with Gasteiger partial charge in [0.25, 0.3) is 15.0 Å². The van der Waals surface area contributed by atoms with Gasteiger partial charge in [0, 0.05) is 29.7 Å². The fourth-order valence-corrected chi connectivity index (χ4v) is 3.27. The molecule has 0 aromatic carbocycles. The van der Waals surface area contributed by atoms with Gasteiger partial charge in [0.1, 0.15) is 4.21 Å². The maximum absolute atomic E-state index is 12.0. The standard InChI is InChI=1S/C11H16ClNO3S2/c1-8(2)4-5-13(3)11(14)9-6-10(17-7-9)18(12,15)16/h6-8H,4-5H2,1-3H3. The Kier molecular flexibility index (Phi) is 5.19. The molecule has 0 bridgehead atoms. The first-order chi connectivity index (χ1) is 8.21. The molecule has 1 aromatic rings. The van der Waals surface area contributed by atoms with E-state index in [2.05, 4.69) is 13.8 Å². The Morgan fingerprint density at radius 1 is 1.50 bits per heavy atom. The van der Waals surface area contributed by atoms with E-state index in [1.165, 1.54) is 11.4 Å². The SMILES string of the molecule is CC(C)CCN(C)C(=O)c1csc(S(=O)(=O)Cl)c1. The molecule has 1 aromatic heterocycles. The first-order valence-electron chi connectivity index (χ1n) is 5.50. The third-order valence-electron chi connectivity index (χ3n) is 2.45. The Labute approximate surface area is 116 Å². The van der Waals surface area contributed by atoms with E-state index < -0.39 is 9.05 Å². The highest BCUT2D eigenvalue weighted by Crippen LogP contribution is 2.24. The Hall–Kier alpha value is -0.590. The summed E-state index contributed by atoms with van der Waals surface area (Å²) in [4.78, 5) is 13.6. The molecule has 18 heavy (non-hydrogen) atoms. The molecule has 0 aliphatic carbocycles. The highest BCUT2D eigenvalue weighted by Gasteiger charge is 2.18. The summed E-state index contributed by atoms with van der Waals surface area (Å²) in [5, 5.41) is 1.52. The summed E-state index contributed by atoms with van der Waals surface area (Å²) in [5.74, 6) is 0.333. The van der Waals surface area contributed by atoms with E-state index in [1.54, 1.807) is 11.9 Å². The predicted octanol–water partition coefficient (Wildman–Crippen LogP) is 2.79. The van der Waals surface area contributed by atoms with Crippen molar-refractivity contribution in [3.8, 4) is 0 Å². The van der Waals surface area contributed by atoms with Gasteiger partial charge in [-0.2, -0.15) is 0 Å². The van der Waals surface area contributed by atoms with Crippen molar-refractivity contribution >= 4 is 37.0 Å². The van der Waals surface area contributed by atoms with Crippen molar-refractivity contribution in [2.75, 3.05) is 13.6 Å². The molecule has 0 aliphatic heterocycles. The van der Waals surface area contributed by atoms with Crippen LogP contribution in [0.15, 0.2) is 15.7 Å². The lowest BCUT2D eigenvalue weighted by Gasteiger charge is -2.17. The van der Waals surface area contributed by atoms with Crippen LogP contribution in [0.4, 0.5) is 0 Å². The number of carbonyl (C=O) groups excluding carboxylic acids is 1. The predicted molar refractivity (Wildman–Crippen MR) is 73.8 cm³/mol. The van der Waals surface area contributed by atoms with Crippen LogP contribution >= 0.6 is 22.0 Å². The quantitative estimate of drug-likeness (QED) is 0.786. The third-order valence-corrected chi connectivity index (χ3v) is 5.49. The Morgan fingerprint density at radius 3 is 2.56 bits per heavy atom. The average molecular weight is 310 g/mol. The fraction of sp³-hybridized carbons (Fsp3) is 0.545. The highest BCUT2D eigenvalue weighted by atomic mass is 35.7. The van der Waals surface area contributed by atoms with Crippen LogP contribution in [0, 0.1) is 5.92 Å². The summed E-state index contributed by atoms with van der Waals surface area (Å²) in [6.45, 7) is 4.82. The zero-order valence-corrected chi connectivity index (χ0v) is 12.9. The molecule has 0 radical (unpaired) electrons. The normalized spacial score (nSPS) is 11.8. The fourth-order valence-electron chi connectivity index (χ4n) is 1.33. The number of hydrogen-bond donors (Lipinski definition) is 0. The van der Waals surface area contributed by atoms with Gasteiger partial charge in [0.05, 0.1) is 5.56 Å². The van der Waals surface area contributed by atoms with Crippen LogP contribution in [0.2, 0.25) is 0 Å². The van der Waals surface area contributed by atoms with Gasteiger partial charge in [-0.05, 0) is 18.4 Å². The minimum Gasteiger partial charge on any atom is -0.342 e. The molecule has 0 fully saturated rings. The van der Waals surface area contributed by atoms with Gasteiger partial charge in [0.15, 0.2) is 0 Å². The summed E-state index contributed by atoms with van der Waals surface area (Å²) in [5.41, 5.74) is 0.366. The summed E-state index contributed by atoms with van der Waals surface area (Å²) in [7, 11) is 3.18. The van der Waals surface area contributed by atoms with Gasteiger partial charge in [0.2, 0.25) is 0 Å². The lowest BCUT2D eigenvalue weighted by molar-refractivity contribution is 0.0789. The molecule has 0 N–H and O–H groups in total. The van der Waals surface area contributed by atoms with E-state index in [9.17, 15) is 13.2 Å². The number of carbonyl (C=O) groups is 1. The Morgan fingerprint density at radius 2 is 2.11 bits per heavy atom. The van der Waals surface area contributed by atoms with E-state index in [-0.39, 0.29) is 10.1 Å². The second-order valence-electron chi connectivity index (χ2n) is 4.50. The minimum absolute atomic E-state index is 0.00442. The van der Waals surface area contributed by atoms with Gasteiger partial charge in [-0.25, -0.2) is 8.42 Å². The van der Waals surface area contributed by atoms with E-state index >= 15 is 0 Å². The summed E-state index contributed by atoms with van der Waals surface area (Å²) >= 11 is 0.959. The molecule has 0 atom stereocenters. The molecule has 102 valence electrons. The molecule has 0 saturated heterocycles. The lowest BCUT2D eigenvalue weighted by Crippen LogP contribution is -2.28. The Bertz CT molecular complexity index is 522. The van der Waals surface area contributed by atoms with Crippen LogP contribution in [-0.4, -0.2) is 32.8 Å². The van der Waals surface area contributed by atoms with Gasteiger partial charge in [-0.1, -0.05) is 13.8 Å². The summed E-state index contributed by atoms with van der Waals surface area (Å²) in [6, 6.07) is 1.32. The molecule has 1 rings (SSSR count). The average Bonchev–Trinajstić information content (AvgIpc) is 2.73. The molecule has 4 nitrogen and oxygen atoms in total. The van der Waals surface area contributed by atoms with E-state index in [1.807, 2.05) is 0 Å². The first kappa shape index (κ1) is 15.5. The number of hydrogen-bond acceptors (Lipinski definition) is 4. The van der Waals surface area contributed by atoms with Gasteiger partial charge < -0.3 is 4.90 Å². The zero-order valence-electron chi connectivity index (χ0n) is 10.5. The number of halogens is 1.